The number of hydrogen-bond donors (Lipinski definition) is 1. The van der Waals surface area contributed by atoms with Gasteiger partial charge in [-0.1, -0.05) is 17.3 Å². The monoisotopic (exact) mass is 366 g/mol. The summed E-state index contributed by atoms with van der Waals surface area (Å²) in [6, 6.07) is 5.35. The highest BCUT2D eigenvalue weighted by molar-refractivity contribution is 6.15. The third-order valence-corrected chi connectivity index (χ3v) is 4.52. The molecule has 27 heavy (non-hydrogen) atoms. The summed E-state index contributed by atoms with van der Waals surface area (Å²) in [7, 11) is 0. The Labute approximate surface area is 154 Å². The first-order chi connectivity index (χ1) is 13.1. The van der Waals surface area contributed by atoms with Gasteiger partial charge in [0.1, 0.15) is 11.9 Å². The highest BCUT2D eigenvalue weighted by Crippen LogP contribution is 2.43. The Morgan fingerprint density at radius 3 is 2.78 bits per heavy atom. The minimum atomic E-state index is -0.646. The third-order valence-electron chi connectivity index (χ3n) is 4.52. The van der Waals surface area contributed by atoms with E-state index < -0.39 is 5.97 Å². The topological polar surface area (TPSA) is 111 Å². The Bertz CT molecular complexity index is 1000. The number of ether oxygens (including phenoxy) is 1. The van der Waals surface area contributed by atoms with Crippen LogP contribution in [-0.4, -0.2) is 38.7 Å². The molecule has 2 aromatic heterocycles. The van der Waals surface area contributed by atoms with Gasteiger partial charge in [-0.3, -0.25) is 9.89 Å². The zero-order chi connectivity index (χ0) is 19.0. The van der Waals surface area contributed by atoms with Crippen molar-refractivity contribution in [1.82, 2.24) is 20.3 Å². The number of aryl methyl sites for hydroxylation is 1. The minimum absolute atomic E-state index is 0.0533. The Morgan fingerprint density at radius 2 is 2.15 bits per heavy atom. The van der Waals surface area contributed by atoms with Gasteiger partial charge < -0.3 is 9.26 Å². The van der Waals surface area contributed by atoms with Crippen LogP contribution in [0.25, 0.3) is 11.4 Å². The number of aromatic nitrogens is 4. The molecule has 0 saturated heterocycles. The minimum Gasteiger partial charge on any atom is -0.461 e. The Hall–Kier alpha value is -3.29. The summed E-state index contributed by atoms with van der Waals surface area (Å²) >= 11 is 0. The number of nitrogens with zero attached hydrogens (tertiary/aromatic N) is 3. The summed E-state index contributed by atoms with van der Waals surface area (Å²) in [5.41, 5.74) is 2.22. The second-order valence-corrected chi connectivity index (χ2v) is 6.46. The molecular formula is C19H18N4O4. The van der Waals surface area contributed by atoms with Gasteiger partial charge in [-0.2, -0.15) is 5.10 Å². The van der Waals surface area contributed by atoms with E-state index in [4.69, 9.17) is 9.26 Å². The summed E-state index contributed by atoms with van der Waals surface area (Å²) in [4.78, 5) is 29.6. The van der Waals surface area contributed by atoms with Crippen LogP contribution in [0.1, 0.15) is 63.4 Å². The van der Waals surface area contributed by atoms with Crippen molar-refractivity contribution < 1.29 is 18.8 Å². The van der Waals surface area contributed by atoms with Gasteiger partial charge in [0.2, 0.25) is 5.69 Å². The largest absolute Gasteiger partial charge is 0.461 e. The van der Waals surface area contributed by atoms with E-state index in [0.29, 0.717) is 17.1 Å². The molecule has 0 amide bonds. The van der Waals surface area contributed by atoms with E-state index >= 15 is 0 Å². The van der Waals surface area contributed by atoms with Crippen LogP contribution in [0.4, 0.5) is 0 Å². The standard InChI is InChI=1S/C19H18N4O4/c1-3-26-19(25)15-14(17(27-23-15)11-4-5-11)16(24)13-7-6-12(8-10(13)2)18-20-9-21-22-18/h6-9,11H,3-5H2,1-2H3,(H,20,21,22). The molecule has 1 N–H and O–H groups in total. The lowest BCUT2D eigenvalue weighted by Gasteiger charge is -2.08. The number of aromatic amines is 1. The first kappa shape index (κ1) is 17.1. The van der Waals surface area contributed by atoms with Crippen molar-refractivity contribution in [2.45, 2.75) is 32.6 Å². The maximum atomic E-state index is 13.3. The van der Waals surface area contributed by atoms with Crippen molar-refractivity contribution in [1.29, 1.82) is 0 Å². The molecule has 138 valence electrons. The van der Waals surface area contributed by atoms with Crippen LogP contribution in [0, 0.1) is 6.92 Å². The van der Waals surface area contributed by atoms with Gasteiger partial charge in [-0.15, -0.1) is 0 Å². The van der Waals surface area contributed by atoms with Crippen LogP contribution in [0.2, 0.25) is 0 Å². The summed E-state index contributed by atoms with van der Waals surface area (Å²) in [6.07, 6.45) is 3.26. The molecule has 4 rings (SSSR count). The van der Waals surface area contributed by atoms with Gasteiger partial charge >= 0.3 is 5.97 Å². The summed E-state index contributed by atoms with van der Waals surface area (Å²) < 4.78 is 10.4. The van der Waals surface area contributed by atoms with Gasteiger partial charge in [0.15, 0.2) is 17.4 Å². The predicted octanol–water partition coefficient (Wildman–Crippen LogP) is 3.05. The fourth-order valence-corrected chi connectivity index (χ4v) is 3.03. The van der Waals surface area contributed by atoms with Crippen LogP contribution in [0.15, 0.2) is 29.0 Å². The first-order valence-electron chi connectivity index (χ1n) is 8.78. The Kier molecular flexibility index (Phi) is 4.31. The molecule has 0 atom stereocenters. The summed E-state index contributed by atoms with van der Waals surface area (Å²) in [5, 5.41) is 10.5. The smallest absolute Gasteiger partial charge is 0.361 e. The van der Waals surface area contributed by atoms with Gasteiger partial charge in [0.05, 0.1) is 6.61 Å². The van der Waals surface area contributed by atoms with Gasteiger partial charge in [0.25, 0.3) is 0 Å². The number of ketones is 1. The molecule has 8 nitrogen and oxygen atoms in total. The summed E-state index contributed by atoms with van der Waals surface area (Å²) in [5.74, 6) is 0.290. The van der Waals surface area contributed by atoms with Crippen molar-refractivity contribution >= 4 is 11.8 Å². The first-order valence-corrected chi connectivity index (χ1v) is 8.78. The van der Waals surface area contributed by atoms with Crippen molar-refractivity contribution in [3.05, 3.63) is 52.7 Å². The van der Waals surface area contributed by atoms with Crippen molar-refractivity contribution in [2.24, 2.45) is 0 Å². The molecule has 0 unspecified atom stereocenters. The Morgan fingerprint density at radius 1 is 1.33 bits per heavy atom. The molecule has 1 aromatic carbocycles. The number of H-pyrrole nitrogens is 1. The third kappa shape index (κ3) is 3.14. The number of carbonyl (C=O) groups excluding carboxylic acids is 2. The fraction of sp³-hybridized carbons (Fsp3) is 0.316. The molecule has 0 bridgehead atoms. The number of hydrogen-bond acceptors (Lipinski definition) is 7. The van der Waals surface area contributed by atoms with Crippen molar-refractivity contribution in [2.75, 3.05) is 6.61 Å². The molecule has 3 aromatic rings. The quantitative estimate of drug-likeness (QED) is 0.527. The molecule has 1 saturated carbocycles. The maximum Gasteiger partial charge on any atom is 0.361 e. The highest BCUT2D eigenvalue weighted by Gasteiger charge is 2.37. The van der Waals surface area contributed by atoms with E-state index in [0.717, 1.165) is 24.0 Å². The number of carbonyl (C=O) groups is 2. The molecule has 8 heteroatoms. The van der Waals surface area contributed by atoms with Crippen LogP contribution in [0.3, 0.4) is 0 Å². The fourth-order valence-electron chi connectivity index (χ4n) is 3.03. The second-order valence-electron chi connectivity index (χ2n) is 6.46. The molecule has 2 heterocycles. The van der Waals surface area contributed by atoms with Gasteiger partial charge in [-0.05, 0) is 38.3 Å². The van der Waals surface area contributed by atoms with E-state index in [-0.39, 0.29) is 29.6 Å². The zero-order valence-electron chi connectivity index (χ0n) is 15.0. The van der Waals surface area contributed by atoms with E-state index in [9.17, 15) is 9.59 Å². The molecule has 1 aliphatic rings. The number of esters is 1. The Balaban J connectivity index is 1.74. The van der Waals surface area contributed by atoms with E-state index in [1.54, 1.807) is 19.1 Å². The average molecular weight is 366 g/mol. The maximum absolute atomic E-state index is 13.3. The lowest BCUT2D eigenvalue weighted by molar-refractivity contribution is 0.0512. The summed E-state index contributed by atoms with van der Waals surface area (Å²) in [6.45, 7) is 3.73. The second kappa shape index (κ2) is 6.79. The highest BCUT2D eigenvalue weighted by atomic mass is 16.5. The average Bonchev–Trinajstić information content (AvgIpc) is 3.19. The molecular weight excluding hydrogens is 348 g/mol. The molecule has 1 fully saturated rings. The van der Waals surface area contributed by atoms with E-state index in [2.05, 4.69) is 20.3 Å². The zero-order valence-corrected chi connectivity index (χ0v) is 15.0. The van der Waals surface area contributed by atoms with Gasteiger partial charge in [0, 0.05) is 17.0 Å². The predicted molar refractivity (Wildman–Crippen MR) is 94.4 cm³/mol. The van der Waals surface area contributed by atoms with Crippen LogP contribution in [0.5, 0.6) is 0 Å². The molecule has 0 aliphatic heterocycles. The van der Waals surface area contributed by atoms with Crippen LogP contribution >= 0.6 is 0 Å². The molecule has 1 aliphatic carbocycles. The van der Waals surface area contributed by atoms with E-state index in [1.807, 2.05) is 13.0 Å². The SMILES string of the molecule is CCOC(=O)c1noc(C2CC2)c1C(=O)c1ccc(-c2ncn[nH]2)cc1C. The van der Waals surface area contributed by atoms with Crippen LogP contribution in [-0.2, 0) is 4.74 Å². The van der Waals surface area contributed by atoms with Crippen LogP contribution < -0.4 is 0 Å². The van der Waals surface area contributed by atoms with Crippen molar-refractivity contribution in [3.63, 3.8) is 0 Å². The normalized spacial score (nSPS) is 13.6. The molecule has 0 spiro atoms. The number of rotatable bonds is 6. The lowest BCUT2D eigenvalue weighted by atomic mass is 9.95. The van der Waals surface area contributed by atoms with E-state index in [1.165, 1.54) is 6.33 Å². The number of nitrogens with one attached hydrogen (secondary N) is 1. The van der Waals surface area contributed by atoms with Gasteiger partial charge in [-0.25, -0.2) is 9.78 Å². The van der Waals surface area contributed by atoms with Crippen molar-refractivity contribution in [3.8, 4) is 11.4 Å². The molecule has 0 radical (unpaired) electrons. The lowest BCUT2D eigenvalue weighted by Crippen LogP contribution is -2.14. The number of benzene rings is 1.